The van der Waals surface area contributed by atoms with Gasteiger partial charge in [-0.25, -0.2) is 13.5 Å². The van der Waals surface area contributed by atoms with Gasteiger partial charge in [-0.1, -0.05) is 0 Å². The summed E-state index contributed by atoms with van der Waals surface area (Å²) in [5.41, 5.74) is 0. The summed E-state index contributed by atoms with van der Waals surface area (Å²) < 4.78 is 54.1. The summed E-state index contributed by atoms with van der Waals surface area (Å²) in [6.07, 6.45) is -0.718. The zero-order chi connectivity index (χ0) is 24.8. The zero-order valence-corrected chi connectivity index (χ0v) is 20.1. The minimum absolute atomic E-state index is 0.000605. The second-order valence-electron chi connectivity index (χ2n) is 8.06. The molecule has 11 heteroatoms. The smallest absolute Gasteiger partial charge is 0.233 e. The number of rotatable bonds is 12. The number of nitrogens with zero attached hydrogens (tertiary/aromatic N) is 1. The maximum Gasteiger partial charge on any atom is 0.233 e. The summed E-state index contributed by atoms with van der Waals surface area (Å²) in [6.45, 7) is 3.79. The molecule has 0 aliphatic carbocycles. The van der Waals surface area contributed by atoms with Crippen LogP contribution in [-0.4, -0.2) is 75.7 Å². The maximum atomic E-state index is 13.3. The number of hydrogen-bond donors (Lipinski definition) is 1. The van der Waals surface area contributed by atoms with Crippen LogP contribution in [0.4, 0.5) is 0 Å². The van der Waals surface area contributed by atoms with Crippen molar-refractivity contribution < 1.29 is 42.1 Å². The summed E-state index contributed by atoms with van der Waals surface area (Å²) >= 11 is 0. The topological polar surface area (TPSA) is 121 Å². The number of sulfone groups is 1. The second-order valence-corrected chi connectivity index (χ2v) is 10.2. The molecule has 2 aromatic rings. The summed E-state index contributed by atoms with van der Waals surface area (Å²) in [7, 11) is -2.40. The predicted molar refractivity (Wildman–Crippen MR) is 121 cm³/mol. The first kappa shape index (κ1) is 25.9. The lowest BCUT2D eigenvalue weighted by Crippen LogP contribution is -2.44. The third-order valence-electron chi connectivity index (χ3n) is 5.10. The highest BCUT2D eigenvalue weighted by molar-refractivity contribution is 7.92. The van der Waals surface area contributed by atoms with E-state index in [-0.39, 0.29) is 23.0 Å². The quantitative estimate of drug-likeness (QED) is 0.205. The Balaban J connectivity index is 1.72. The molecule has 2 atom stereocenters. The summed E-state index contributed by atoms with van der Waals surface area (Å²) in [6, 6.07) is 12.8. The normalized spacial score (nSPS) is 18.3. The van der Waals surface area contributed by atoms with Gasteiger partial charge in [0.1, 0.15) is 35.2 Å². The Morgan fingerprint density at radius 1 is 1.09 bits per heavy atom. The van der Waals surface area contributed by atoms with Gasteiger partial charge in [-0.15, -0.1) is 0 Å². The second kappa shape index (κ2) is 11.2. The van der Waals surface area contributed by atoms with E-state index in [1.54, 1.807) is 45.2 Å². The van der Waals surface area contributed by atoms with Gasteiger partial charge in [0.2, 0.25) is 6.41 Å². The van der Waals surface area contributed by atoms with Crippen molar-refractivity contribution in [3.05, 3.63) is 48.5 Å². The average Bonchev–Trinajstić information content (AvgIpc) is 3.18. The molecule has 0 aromatic heterocycles. The minimum Gasteiger partial charge on any atom is -0.491 e. The van der Waals surface area contributed by atoms with Crippen molar-refractivity contribution in [1.82, 2.24) is 5.06 Å². The molecule has 1 unspecified atom stereocenters. The molecule has 1 amide bonds. The van der Waals surface area contributed by atoms with Crippen LogP contribution in [0.25, 0.3) is 0 Å². The molecular formula is C23H29NO9S. The fraction of sp³-hybridized carbons (Fsp3) is 0.435. The van der Waals surface area contributed by atoms with Gasteiger partial charge in [0, 0.05) is 7.11 Å². The highest BCUT2D eigenvalue weighted by atomic mass is 32.2. The fourth-order valence-corrected chi connectivity index (χ4v) is 5.14. The van der Waals surface area contributed by atoms with Crippen molar-refractivity contribution in [2.75, 3.05) is 33.5 Å². The minimum atomic E-state index is -3.99. The summed E-state index contributed by atoms with van der Waals surface area (Å²) in [5.74, 6) is 0.684. The van der Waals surface area contributed by atoms with Crippen LogP contribution in [0.5, 0.6) is 17.2 Å². The van der Waals surface area contributed by atoms with Crippen LogP contribution < -0.4 is 9.47 Å². The molecule has 10 nitrogen and oxygen atoms in total. The number of amides is 1. The van der Waals surface area contributed by atoms with Crippen LogP contribution in [0.15, 0.2) is 53.4 Å². The average molecular weight is 496 g/mol. The Morgan fingerprint density at radius 3 is 2.21 bits per heavy atom. The van der Waals surface area contributed by atoms with Gasteiger partial charge in [0.05, 0.1) is 24.7 Å². The molecule has 3 rings (SSSR count). The van der Waals surface area contributed by atoms with Crippen LogP contribution in [0, 0.1) is 0 Å². The Bertz CT molecular complexity index is 1040. The van der Waals surface area contributed by atoms with E-state index < -0.39 is 33.5 Å². The third-order valence-corrected chi connectivity index (χ3v) is 7.28. The molecule has 1 fully saturated rings. The van der Waals surface area contributed by atoms with E-state index in [4.69, 9.17) is 23.7 Å². The van der Waals surface area contributed by atoms with Crippen LogP contribution in [0.2, 0.25) is 0 Å². The molecule has 34 heavy (non-hydrogen) atoms. The lowest BCUT2D eigenvalue weighted by molar-refractivity contribution is -0.154. The molecule has 0 saturated carbocycles. The van der Waals surface area contributed by atoms with Crippen molar-refractivity contribution in [3.63, 3.8) is 0 Å². The standard InChI is InChI=1S/C23H29NO9S/c1-23(2)31-15-21(33-23)22(14-24(26)16-25)34(27,28)20-10-8-19(9-11-20)32-18-6-4-17(5-7-18)30-13-12-29-3/h4-11,16,21-22,26H,12-15H2,1-3H3/t21-,22?/m0/s1. The number of hydrogen-bond acceptors (Lipinski definition) is 9. The van der Waals surface area contributed by atoms with Gasteiger partial charge in [0.25, 0.3) is 0 Å². The first-order valence-corrected chi connectivity index (χ1v) is 12.2. The fourth-order valence-electron chi connectivity index (χ4n) is 3.40. The lowest BCUT2D eigenvalue weighted by atomic mass is 10.2. The lowest BCUT2D eigenvalue weighted by Gasteiger charge is -2.26. The van der Waals surface area contributed by atoms with E-state index in [0.717, 1.165) is 0 Å². The number of hydroxylamine groups is 2. The predicted octanol–water partition coefficient (Wildman–Crippen LogP) is 2.65. The Labute approximate surface area is 198 Å². The van der Waals surface area contributed by atoms with Crippen molar-refractivity contribution in [1.29, 1.82) is 0 Å². The first-order chi connectivity index (χ1) is 16.1. The molecule has 0 bridgehead atoms. The first-order valence-electron chi connectivity index (χ1n) is 10.6. The molecule has 0 spiro atoms. The summed E-state index contributed by atoms with van der Waals surface area (Å²) in [4.78, 5) is 10.9. The van der Waals surface area contributed by atoms with Crippen LogP contribution in [-0.2, 0) is 28.8 Å². The summed E-state index contributed by atoms with van der Waals surface area (Å²) in [5, 5.41) is 8.74. The van der Waals surface area contributed by atoms with Gasteiger partial charge in [0.15, 0.2) is 15.6 Å². The molecule has 1 aliphatic rings. The molecule has 1 aliphatic heterocycles. The molecule has 0 radical (unpaired) electrons. The van der Waals surface area contributed by atoms with Gasteiger partial charge in [-0.05, 0) is 62.4 Å². The SMILES string of the molecule is COCCOc1ccc(Oc2ccc(S(=O)(=O)C(CN(O)C=O)[C@@H]3COC(C)(C)O3)cc2)cc1. The molecule has 1 saturated heterocycles. The van der Waals surface area contributed by atoms with E-state index >= 15 is 0 Å². The number of carbonyl (C=O) groups excluding carboxylic acids is 1. The Morgan fingerprint density at radius 2 is 1.68 bits per heavy atom. The monoisotopic (exact) mass is 495 g/mol. The van der Waals surface area contributed by atoms with E-state index in [1.807, 2.05) is 0 Å². The molecule has 186 valence electrons. The Kier molecular flexibility index (Phi) is 8.50. The van der Waals surface area contributed by atoms with Crippen LogP contribution in [0.1, 0.15) is 13.8 Å². The van der Waals surface area contributed by atoms with Gasteiger partial charge >= 0.3 is 0 Å². The number of carbonyl (C=O) groups is 1. The highest BCUT2D eigenvalue weighted by Crippen LogP contribution is 2.31. The van der Waals surface area contributed by atoms with Crippen LogP contribution >= 0.6 is 0 Å². The molecule has 1 heterocycles. The van der Waals surface area contributed by atoms with E-state index in [9.17, 15) is 18.4 Å². The van der Waals surface area contributed by atoms with Gasteiger partial charge in [-0.3, -0.25) is 10.0 Å². The largest absolute Gasteiger partial charge is 0.491 e. The maximum absolute atomic E-state index is 13.3. The number of methoxy groups -OCH3 is 1. The van der Waals surface area contributed by atoms with E-state index in [2.05, 4.69) is 0 Å². The molecular weight excluding hydrogens is 466 g/mol. The van der Waals surface area contributed by atoms with E-state index in [1.165, 1.54) is 24.3 Å². The van der Waals surface area contributed by atoms with Crippen molar-refractivity contribution >= 4 is 16.2 Å². The number of ether oxygens (including phenoxy) is 5. The third kappa shape index (κ3) is 6.67. The Hall–Kier alpha value is -2.70. The van der Waals surface area contributed by atoms with Gasteiger partial charge < -0.3 is 23.7 Å². The number of benzene rings is 2. The highest BCUT2D eigenvalue weighted by Gasteiger charge is 2.44. The van der Waals surface area contributed by atoms with Crippen LogP contribution in [0.3, 0.4) is 0 Å². The molecule has 1 N–H and O–H groups in total. The molecule has 2 aromatic carbocycles. The van der Waals surface area contributed by atoms with Crippen molar-refractivity contribution in [2.24, 2.45) is 0 Å². The zero-order valence-electron chi connectivity index (χ0n) is 19.2. The van der Waals surface area contributed by atoms with E-state index in [0.29, 0.717) is 30.5 Å². The van der Waals surface area contributed by atoms with Crippen molar-refractivity contribution in [2.45, 2.75) is 35.9 Å². The van der Waals surface area contributed by atoms with Crippen molar-refractivity contribution in [3.8, 4) is 17.2 Å². The van der Waals surface area contributed by atoms with Gasteiger partial charge in [-0.2, -0.15) is 0 Å².